The maximum Gasteiger partial charge on any atom is 0.240 e. The van der Waals surface area contributed by atoms with Gasteiger partial charge in [0.2, 0.25) is 15.9 Å². The smallest absolute Gasteiger partial charge is 0.240 e. The zero-order valence-electron chi connectivity index (χ0n) is 11.4. The van der Waals surface area contributed by atoms with Gasteiger partial charge < -0.3 is 5.32 Å². The van der Waals surface area contributed by atoms with Gasteiger partial charge in [0.05, 0.1) is 11.4 Å². The fourth-order valence-corrected chi connectivity index (χ4v) is 2.67. The van der Waals surface area contributed by atoms with Crippen LogP contribution in [0.3, 0.4) is 0 Å². The maximum atomic E-state index is 12.1. The number of hydrogen-bond donors (Lipinski definition) is 2. The largest absolute Gasteiger partial charge is 0.326 e. The maximum absolute atomic E-state index is 12.1. The van der Waals surface area contributed by atoms with E-state index in [9.17, 15) is 13.2 Å². The van der Waals surface area contributed by atoms with Gasteiger partial charge >= 0.3 is 0 Å². The van der Waals surface area contributed by atoms with E-state index in [-0.39, 0.29) is 17.3 Å². The Kier molecular flexibility index (Phi) is 4.66. The molecule has 0 aliphatic rings. The monoisotopic (exact) mass is 309 g/mol. The number of carbonyl (C=O) groups excluding carboxylic acids is 1. The van der Waals surface area contributed by atoms with Crippen LogP contribution in [0.1, 0.15) is 6.92 Å². The van der Waals surface area contributed by atoms with Crippen molar-refractivity contribution >= 4 is 21.6 Å². The van der Waals surface area contributed by atoms with Gasteiger partial charge in [-0.3, -0.25) is 9.48 Å². The SMILES string of the molecule is CC(=O)Nc1ccc(S(=O)(=O)NCCn2cncn2)cc1. The second-order valence-corrected chi connectivity index (χ2v) is 6.03. The molecule has 0 aliphatic heterocycles. The van der Waals surface area contributed by atoms with Crippen LogP contribution in [-0.4, -0.2) is 35.6 Å². The van der Waals surface area contributed by atoms with Crippen molar-refractivity contribution in [3.05, 3.63) is 36.9 Å². The number of rotatable bonds is 6. The van der Waals surface area contributed by atoms with Crippen molar-refractivity contribution in [2.75, 3.05) is 11.9 Å². The van der Waals surface area contributed by atoms with Gasteiger partial charge in [0, 0.05) is 19.2 Å². The summed E-state index contributed by atoms with van der Waals surface area (Å²) in [6.07, 6.45) is 2.89. The second kappa shape index (κ2) is 6.46. The lowest BCUT2D eigenvalue weighted by atomic mass is 10.3. The molecule has 0 unspecified atom stereocenters. The van der Waals surface area contributed by atoms with Crippen LogP contribution in [0, 0.1) is 0 Å². The average molecular weight is 309 g/mol. The van der Waals surface area contributed by atoms with Gasteiger partial charge in [-0.25, -0.2) is 18.1 Å². The number of nitrogens with one attached hydrogen (secondary N) is 2. The van der Waals surface area contributed by atoms with Crippen molar-refractivity contribution in [3.8, 4) is 0 Å². The van der Waals surface area contributed by atoms with Crippen LogP contribution in [-0.2, 0) is 21.4 Å². The quantitative estimate of drug-likeness (QED) is 0.793. The summed E-state index contributed by atoms with van der Waals surface area (Å²) < 4.78 is 28.1. The van der Waals surface area contributed by atoms with Crippen LogP contribution in [0.4, 0.5) is 5.69 Å². The van der Waals surface area contributed by atoms with Crippen molar-refractivity contribution < 1.29 is 13.2 Å². The molecule has 0 radical (unpaired) electrons. The van der Waals surface area contributed by atoms with Crippen LogP contribution in [0.25, 0.3) is 0 Å². The summed E-state index contributed by atoms with van der Waals surface area (Å²) in [5.41, 5.74) is 0.545. The minimum Gasteiger partial charge on any atom is -0.326 e. The fraction of sp³-hybridized carbons (Fsp3) is 0.250. The highest BCUT2D eigenvalue weighted by molar-refractivity contribution is 7.89. The number of anilines is 1. The van der Waals surface area contributed by atoms with E-state index in [2.05, 4.69) is 20.1 Å². The first-order valence-corrected chi connectivity index (χ1v) is 7.65. The highest BCUT2D eigenvalue weighted by Gasteiger charge is 2.13. The number of sulfonamides is 1. The molecule has 0 aliphatic carbocycles. The van der Waals surface area contributed by atoms with Crippen LogP contribution < -0.4 is 10.0 Å². The van der Waals surface area contributed by atoms with Gasteiger partial charge in [-0.2, -0.15) is 5.10 Å². The van der Waals surface area contributed by atoms with Crippen molar-refractivity contribution in [2.45, 2.75) is 18.4 Å². The summed E-state index contributed by atoms with van der Waals surface area (Å²) in [5.74, 6) is -0.212. The predicted octanol–water partition coefficient (Wildman–Crippen LogP) is 0.215. The third-order valence-electron chi connectivity index (χ3n) is 2.58. The molecule has 2 rings (SSSR count). The van der Waals surface area contributed by atoms with Gasteiger partial charge in [-0.15, -0.1) is 0 Å². The first-order chi connectivity index (χ1) is 9.97. The van der Waals surface area contributed by atoms with Gasteiger partial charge in [-0.1, -0.05) is 0 Å². The molecule has 0 saturated heterocycles. The highest BCUT2D eigenvalue weighted by Crippen LogP contribution is 2.13. The molecule has 0 fully saturated rings. The highest BCUT2D eigenvalue weighted by atomic mass is 32.2. The summed E-state index contributed by atoms with van der Waals surface area (Å²) in [7, 11) is -3.58. The van der Waals surface area contributed by atoms with Crippen molar-refractivity contribution in [2.24, 2.45) is 0 Å². The molecule has 0 spiro atoms. The Morgan fingerprint density at radius 2 is 2.00 bits per heavy atom. The summed E-state index contributed by atoms with van der Waals surface area (Å²) in [6, 6.07) is 5.94. The number of amides is 1. The van der Waals surface area contributed by atoms with Crippen LogP contribution >= 0.6 is 0 Å². The van der Waals surface area contributed by atoms with Gasteiger partial charge in [0.15, 0.2) is 0 Å². The molecule has 1 aromatic heterocycles. The molecule has 2 N–H and O–H groups in total. The lowest BCUT2D eigenvalue weighted by molar-refractivity contribution is -0.114. The number of nitrogens with zero attached hydrogens (tertiary/aromatic N) is 3. The molecular weight excluding hydrogens is 294 g/mol. The zero-order valence-corrected chi connectivity index (χ0v) is 12.2. The van der Waals surface area contributed by atoms with E-state index in [0.717, 1.165) is 0 Å². The summed E-state index contributed by atoms with van der Waals surface area (Å²) in [4.78, 5) is 14.8. The molecule has 0 atom stereocenters. The Morgan fingerprint density at radius 3 is 2.57 bits per heavy atom. The topological polar surface area (TPSA) is 106 Å². The molecule has 112 valence electrons. The molecule has 9 heteroatoms. The van der Waals surface area contributed by atoms with E-state index >= 15 is 0 Å². The fourth-order valence-electron chi connectivity index (χ4n) is 1.65. The number of benzene rings is 1. The van der Waals surface area contributed by atoms with Crippen molar-refractivity contribution in [1.29, 1.82) is 0 Å². The molecular formula is C12H15N5O3S. The lowest BCUT2D eigenvalue weighted by Gasteiger charge is -2.08. The molecule has 0 saturated carbocycles. The van der Waals surface area contributed by atoms with E-state index in [0.29, 0.717) is 12.2 Å². The van der Waals surface area contributed by atoms with E-state index in [4.69, 9.17) is 0 Å². The van der Waals surface area contributed by atoms with E-state index < -0.39 is 10.0 Å². The summed E-state index contributed by atoms with van der Waals surface area (Å²) in [5, 5.41) is 6.45. The molecule has 1 amide bonds. The third kappa shape index (κ3) is 4.36. The standard InChI is InChI=1S/C12H15N5O3S/c1-10(18)16-11-2-4-12(5-3-11)21(19,20)15-6-7-17-9-13-8-14-17/h2-5,8-9,15H,6-7H2,1H3,(H,16,18). The molecule has 1 heterocycles. The Bertz CT molecular complexity index is 695. The predicted molar refractivity (Wildman–Crippen MR) is 76.0 cm³/mol. The van der Waals surface area contributed by atoms with E-state index in [1.54, 1.807) is 0 Å². The number of aromatic nitrogens is 3. The average Bonchev–Trinajstić information content (AvgIpc) is 2.91. The Balaban J connectivity index is 1.96. The Labute approximate surface area is 122 Å². The molecule has 2 aromatic rings. The minimum atomic E-state index is -3.58. The second-order valence-electron chi connectivity index (χ2n) is 4.26. The first kappa shape index (κ1) is 15.1. The molecule has 21 heavy (non-hydrogen) atoms. The lowest BCUT2D eigenvalue weighted by Crippen LogP contribution is -2.27. The number of hydrogen-bond acceptors (Lipinski definition) is 5. The van der Waals surface area contributed by atoms with Crippen LogP contribution in [0.2, 0.25) is 0 Å². The first-order valence-electron chi connectivity index (χ1n) is 6.17. The van der Waals surface area contributed by atoms with E-state index in [1.165, 1.54) is 48.5 Å². The molecule has 0 bridgehead atoms. The summed E-state index contributed by atoms with van der Waals surface area (Å²) >= 11 is 0. The Morgan fingerprint density at radius 1 is 1.29 bits per heavy atom. The van der Waals surface area contributed by atoms with Crippen molar-refractivity contribution in [3.63, 3.8) is 0 Å². The Hall–Kier alpha value is -2.26. The van der Waals surface area contributed by atoms with Crippen LogP contribution in [0.15, 0.2) is 41.8 Å². The normalized spacial score (nSPS) is 11.3. The van der Waals surface area contributed by atoms with E-state index in [1.807, 2.05) is 0 Å². The molecule has 8 nitrogen and oxygen atoms in total. The van der Waals surface area contributed by atoms with Crippen LogP contribution in [0.5, 0.6) is 0 Å². The van der Waals surface area contributed by atoms with Gasteiger partial charge in [-0.05, 0) is 24.3 Å². The van der Waals surface area contributed by atoms with Gasteiger partial charge in [0.1, 0.15) is 12.7 Å². The minimum absolute atomic E-state index is 0.134. The van der Waals surface area contributed by atoms with Gasteiger partial charge in [0.25, 0.3) is 0 Å². The van der Waals surface area contributed by atoms with Crippen molar-refractivity contribution in [1.82, 2.24) is 19.5 Å². The summed E-state index contributed by atoms with van der Waals surface area (Å²) in [6.45, 7) is 1.98. The third-order valence-corrected chi connectivity index (χ3v) is 4.06. The zero-order chi connectivity index (χ0) is 15.3. The molecule has 1 aromatic carbocycles. The number of carbonyl (C=O) groups is 1.